The van der Waals surface area contributed by atoms with E-state index in [0.29, 0.717) is 11.5 Å². The van der Waals surface area contributed by atoms with Crippen molar-refractivity contribution in [3.63, 3.8) is 0 Å². The third-order valence-electron chi connectivity index (χ3n) is 2.46. The molecule has 0 bridgehead atoms. The van der Waals surface area contributed by atoms with E-state index in [0.717, 1.165) is 23.5 Å². The van der Waals surface area contributed by atoms with Crippen molar-refractivity contribution in [3.8, 4) is 0 Å². The van der Waals surface area contributed by atoms with E-state index in [1.807, 2.05) is 30.3 Å². The van der Waals surface area contributed by atoms with Crippen LogP contribution in [-0.4, -0.2) is 18.8 Å². The van der Waals surface area contributed by atoms with Crippen LogP contribution in [0.2, 0.25) is 0 Å². The zero-order valence-corrected chi connectivity index (χ0v) is 10.5. The number of carbonyl (C=O) groups excluding carboxylic acids is 1. The fourth-order valence-corrected chi connectivity index (χ4v) is 2.60. The smallest absolute Gasteiger partial charge is 0.347 e. The lowest BCUT2D eigenvalue weighted by Gasteiger charge is -2.08. The first-order chi connectivity index (χ1) is 8.31. The van der Waals surface area contributed by atoms with Crippen molar-refractivity contribution < 1.29 is 14.3 Å². The second kappa shape index (κ2) is 5.77. The monoisotopic (exact) mass is 250 g/mol. The van der Waals surface area contributed by atoms with Gasteiger partial charge in [0.15, 0.2) is 0 Å². The lowest BCUT2D eigenvalue weighted by molar-refractivity contribution is -0.135. The van der Waals surface area contributed by atoms with Crippen LogP contribution in [0.4, 0.5) is 0 Å². The number of hydrogen-bond acceptors (Lipinski definition) is 4. The van der Waals surface area contributed by atoms with Crippen molar-refractivity contribution >= 4 is 17.7 Å². The van der Waals surface area contributed by atoms with Crippen LogP contribution in [0.15, 0.2) is 41.0 Å². The van der Waals surface area contributed by atoms with Crippen LogP contribution in [0.1, 0.15) is 12.0 Å². The predicted octanol–water partition coefficient (Wildman–Crippen LogP) is 2.72. The number of thioether (sulfide) groups is 1. The Kier molecular flexibility index (Phi) is 4.09. The van der Waals surface area contributed by atoms with Crippen LogP contribution in [0, 0.1) is 0 Å². The van der Waals surface area contributed by atoms with Gasteiger partial charge in [0.25, 0.3) is 0 Å². The van der Waals surface area contributed by atoms with E-state index in [-0.39, 0.29) is 5.97 Å². The van der Waals surface area contributed by atoms with Crippen LogP contribution in [0.3, 0.4) is 0 Å². The molecule has 0 aliphatic carbocycles. The summed E-state index contributed by atoms with van der Waals surface area (Å²) < 4.78 is 10.4. The third-order valence-corrected chi connectivity index (χ3v) is 3.55. The summed E-state index contributed by atoms with van der Waals surface area (Å²) in [7, 11) is 1.39. The topological polar surface area (TPSA) is 35.5 Å². The zero-order valence-electron chi connectivity index (χ0n) is 9.64. The number of esters is 1. The number of carbonyl (C=O) groups is 1. The Balaban J connectivity index is 2.01. The second-order valence-electron chi connectivity index (χ2n) is 3.62. The minimum Gasteiger partial charge on any atom is -0.492 e. The van der Waals surface area contributed by atoms with E-state index in [1.54, 1.807) is 0 Å². The van der Waals surface area contributed by atoms with E-state index in [4.69, 9.17) is 9.47 Å². The second-order valence-corrected chi connectivity index (χ2v) is 4.72. The van der Waals surface area contributed by atoms with Gasteiger partial charge in [0.05, 0.1) is 7.11 Å². The highest BCUT2D eigenvalue weighted by atomic mass is 32.2. The molecule has 2 rings (SSSR count). The largest absolute Gasteiger partial charge is 0.492 e. The van der Waals surface area contributed by atoms with Crippen molar-refractivity contribution in [2.24, 2.45) is 0 Å². The van der Waals surface area contributed by atoms with Crippen LogP contribution in [0.25, 0.3) is 0 Å². The molecular weight excluding hydrogens is 236 g/mol. The van der Waals surface area contributed by atoms with E-state index >= 15 is 0 Å². The van der Waals surface area contributed by atoms with Gasteiger partial charge in [-0.05, 0) is 5.56 Å². The van der Waals surface area contributed by atoms with E-state index in [9.17, 15) is 4.79 Å². The highest BCUT2D eigenvalue weighted by molar-refractivity contribution is 8.04. The van der Waals surface area contributed by atoms with Gasteiger partial charge in [0.2, 0.25) is 0 Å². The first kappa shape index (κ1) is 12.0. The molecule has 0 amide bonds. The van der Waals surface area contributed by atoms with Crippen molar-refractivity contribution in [1.82, 2.24) is 0 Å². The fraction of sp³-hybridized carbons (Fsp3) is 0.308. The molecule has 0 N–H and O–H groups in total. The molecule has 17 heavy (non-hydrogen) atoms. The number of hydrogen-bond donors (Lipinski definition) is 0. The molecule has 1 aliphatic rings. The van der Waals surface area contributed by atoms with Crippen molar-refractivity contribution in [3.05, 3.63) is 46.6 Å². The normalized spacial score (nSPS) is 14.9. The highest BCUT2D eigenvalue weighted by Crippen LogP contribution is 2.33. The van der Waals surface area contributed by atoms with Gasteiger partial charge in [0, 0.05) is 12.2 Å². The van der Waals surface area contributed by atoms with Crippen molar-refractivity contribution in [2.75, 3.05) is 12.9 Å². The number of ether oxygens (including phenoxy) is 2. The molecule has 4 heteroatoms. The average Bonchev–Trinajstić information content (AvgIpc) is 2.85. The maximum absolute atomic E-state index is 11.5. The van der Waals surface area contributed by atoms with Crippen LogP contribution in [0.5, 0.6) is 0 Å². The van der Waals surface area contributed by atoms with Gasteiger partial charge < -0.3 is 9.47 Å². The Labute approximate surface area is 105 Å². The van der Waals surface area contributed by atoms with Crippen LogP contribution >= 0.6 is 11.8 Å². The van der Waals surface area contributed by atoms with Gasteiger partial charge in [-0.3, -0.25) is 0 Å². The predicted molar refractivity (Wildman–Crippen MR) is 67.3 cm³/mol. The number of methoxy groups -OCH3 is 1. The molecule has 1 aromatic carbocycles. The molecule has 0 aromatic heterocycles. The maximum atomic E-state index is 11.5. The molecule has 1 aliphatic heterocycles. The average molecular weight is 250 g/mol. The molecule has 1 heterocycles. The molecule has 0 saturated heterocycles. The molecule has 0 unspecified atom stereocenters. The quantitative estimate of drug-likeness (QED) is 0.770. The number of allylic oxidation sites excluding steroid dienone is 1. The van der Waals surface area contributed by atoms with E-state index in [1.165, 1.54) is 18.9 Å². The Morgan fingerprint density at radius 1 is 1.35 bits per heavy atom. The first-order valence-electron chi connectivity index (χ1n) is 5.42. The summed E-state index contributed by atoms with van der Waals surface area (Å²) in [5.74, 6) is 1.34. The molecule has 0 radical (unpaired) electrons. The maximum Gasteiger partial charge on any atom is 0.347 e. The van der Waals surface area contributed by atoms with Gasteiger partial charge in [0.1, 0.15) is 17.3 Å². The first-order valence-corrected chi connectivity index (χ1v) is 6.41. The van der Waals surface area contributed by atoms with Gasteiger partial charge in [-0.2, -0.15) is 0 Å². The van der Waals surface area contributed by atoms with Gasteiger partial charge in [-0.1, -0.05) is 30.3 Å². The molecule has 0 atom stereocenters. The lowest BCUT2D eigenvalue weighted by atomic mass is 10.2. The summed E-state index contributed by atoms with van der Waals surface area (Å²) in [6.07, 6.45) is 0.794. The summed E-state index contributed by atoms with van der Waals surface area (Å²) in [6.45, 7) is 0.497. The lowest BCUT2D eigenvalue weighted by Crippen LogP contribution is -2.04. The summed E-state index contributed by atoms with van der Waals surface area (Å²) in [5.41, 5.74) is 1.10. The fourth-order valence-electron chi connectivity index (χ4n) is 1.59. The Hall–Kier alpha value is -1.42. The Morgan fingerprint density at radius 3 is 2.82 bits per heavy atom. The SMILES string of the molecule is COC(=O)C1=C(OCc2ccccc2)CCS1. The van der Waals surface area contributed by atoms with Gasteiger partial charge in [-0.25, -0.2) is 4.79 Å². The van der Waals surface area contributed by atoms with Crippen molar-refractivity contribution in [2.45, 2.75) is 13.0 Å². The standard InChI is InChI=1S/C13H14O3S/c1-15-13(14)12-11(7-8-17-12)16-9-10-5-3-2-4-6-10/h2-6H,7-9H2,1H3. The van der Waals surface area contributed by atoms with Crippen LogP contribution < -0.4 is 0 Å². The summed E-state index contributed by atoms with van der Waals surface area (Å²) in [5, 5.41) is 0. The van der Waals surface area contributed by atoms with Gasteiger partial charge >= 0.3 is 5.97 Å². The van der Waals surface area contributed by atoms with E-state index in [2.05, 4.69) is 0 Å². The van der Waals surface area contributed by atoms with Crippen LogP contribution in [-0.2, 0) is 20.9 Å². The molecule has 1 aromatic rings. The molecule has 3 nitrogen and oxygen atoms in total. The highest BCUT2D eigenvalue weighted by Gasteiger charge is 2.23. The molecule has 0 saturated carbocycles. The Bertz CT molecular complexity index is 426. The minimum atomic E-state index is -0.296. The van der Waals surface area contributed by atoms with Crippen molar-refractivity contribution in [1.29, 1.82) is 0 Å². The zero-order chi connectivity index (χ0) is 12.1. The molecule has 0 spiro atoms. The Morgan fingerprint density at radius 2 is 2.12 bits per heavy atom. The summed E-state index contributed by atoms with van der Waals surface area (Å²) in [4.78, 5) is 12.1. The number of benzene rings is 1. The summed E-state index contributed by atoms with van der Waals surface area (Å²) >= 11 is 1.50. The minimum absolute atomic E-state index is 0.296. The summed E-state index contributed by atoms with van der Waals surface area (Å²) in [6, 6.07) is 9.91. The molecule has 90 valence electrons. The van der Waals surface area contributed by atoms with Gasteiger partial charge in [-0.15, -0.1) is 11.8 Å². The molecular formula is C13H14O3S. The van der Waals surface area contributed by atoms with E-state index < -0.39 is 0 Å². The number of rotatable bonds is 4. The third kappa shape index (κ3) is 3.03. The molecule has 0 fully saturated rings.